The number of carbonyl (C=O) groups excluding carboxylic acids is 1. The molecule has 1 amide bonds. The van der Waals surface area contributed by atoms with Crippen LogP contribution in [0, 0.1) is 0 Å². The van der Waals surface area contributed by atoms with E-state index in [9.17, 15) is 4.79 Å². The number of nitrogens with one attached hydrogen (secondary N) is 1. The standard InChI is InChI=1S/C19H28N4O3/c1-13(17-21-18(22-26-17)19(2,3)4)20-16(24)14-9-7-8-10-15(14)25-12-11-23(5)6/h7-10,13H,11-12H2,1-6H3,(H,20,24). The van der Waals surface area contributed by atoms with E-state index in [4.69, 9.17) is 9.26 Å². The molecule has 0 aliphatic carbocycles. The zero-order valence-electron chi connectivity index (χ0n) is 16.4. The predicted molar refractivity (Wildman–Crippen MR) is 99.4 cm³/mol. The van der Waals surface area contributed by atoms with Crippen LogP contribution in [0.2, 0.25) is 0 Å². The summed E-state index contributed by atoms with van der Waals surface area (Å²) in [6.07, 6.45) is 0. The maximum Gasteiger partial charge on any atom is 0.255 e. The molecule has 0 saturated carbocycles. The Labute approximate surface area is 154 Å². The lowest BCUT2D eigenvalue weighted by Gasteiger charge is -2.15. The first-order valence-corrected chi connectivity index (χ1v) is 8.70. The van der Waals surface area contributed by atoms with Gasteiger partial charge in [-0.05, 0) is 33.2 Å². The van der Waals surface area contributed by atoms with Crippen LogP contribution in [0.4, 0.5) is 0 Å². The van der Waals surface area contributed by atoms with Crippen molar-refractivity contribution < 1.29 is 14.1 Å². The third kappa shape index (κ3) is 5.29. The molecule has 1 N–H and O–H groups in total. The minimum absolute atomic E-state index is 0.210. The second-order valence-electron chi connectivity index (χ2n) is 7.55. The lowest BCUT2D eigenvalue weighted by atomic mass is 9.96. The van der Waals surface area contributed by atoms with Gasteiger partial charge in [-0.25, -0.2) is 0 Å². The molecule has 0 radical (unpaired) electrons. The van der Waals surface area contributed by atoms with Crippen LogP contribution in [0.3, 0.4) is 0 Å². The van der Waals surface area contributed by atoms with Gasteiger partial charge in [0.1, 0.15) is 18.4 Å². The number of para-hydroxylation sites is 1. The average molecular weight is 360 g/mol. The van der Waals surface area contributed by atoms with Crippen molar-refractivity contribution in [3.8, 4) is 5.75 Å². The number of hydrogen-bond acceptors (Lipinski definition) is 6. The Bertz CT molecular complexity index is 734. The number of aromatic nitrogens is 2. The van der Waals surface area contributed by atoms with Crippen LogP contribution >= 0.6 is 0 Å². The van der Waals surface area contributed by atoms with Gasteiger partial charge >= 0.3 is 0 Å². The van der Waals surface area contributed by atoms with Gasteiger partial charge < -0.3 is 19.5 Å². The van der Waals surface area contributed by atoms with Crippen LogP contribution in [0.15, 0.2) is 28.8 Å². The number of benzene rings is 1. The van der Waals surface area contributed by atoms with Crippen LogP contribution in [0.1, 0.15) is 55.8 Å². The van der Waals surface area contributed by atoms with Crippen molar-refractivity contribution in [3.05, 3.63) is 41.5 Å². The molecule has 7 nitrogen and oxygen atoms in total. The van der Waals surface area contributed by atoms with Gasteiger partial charge in [-0.15, -0.1) is 0 Å². The first kappa shape index (κ1) is 19.9. The van der Waals surface area contributed by atoms with E-state index >= 15 is 0 Å². The quantitative estimate of drug-likeness (QED) is 0.818. The summed E-state index contributed by atoms with van der Waals surface area (Å²) in [5.41, 5.74) is 0.270. The van der Waals surface area contributed by atoms with Crippen molar-refractivity contribution in [2.75, 3.05) is 27.2 Å². The van der Waals surface area contributed by atoms with E-state index in [2.05, 4.69) is 15.5 Å². The van der Waals surface area contributed by atoms with Gasteiger partial charge in [-0.2, -0.15) is 4.98 Å². The second kappa shape index (κ2) is 8.31. The van der Waals surface area contributed by atoms with Crippen LogP contribution in [0.25, 0.3) is 0 Å². The molecule has 1 heterocycles. The zero-order chi connectivity index (χ0) is 19.3. The number of likely N-dealkylation sites (N-methyl/N-ethyl adjacent to an activating group) is 1. The predicted octanol–water partition coefficient (Wildman–Crippen LogP) is 2.80. The Kier molecular flexibility index (Phi) is 6.37. The van der Waals surface area contributed by atoms with Crippen molar-refractivity contribution in [2.24, 2.45) is 0 Å². The maximum absolute atomic E-state index is 12.7. The summed E-state index contributed by atoms with van der Waals surface area (Å²) in [4.78, 5) is 19.1. The number of hydrogen-bond donors (Lipinski definition) is 1. The fourth-order valence-corrected chi connectivity index (χ4v) is 2.17. The number of amides is 1. The molecule has 142 valence electrons. The highest BCUT2D eigenvalue weighted by molar-refractivity contribution is 5.97. The van der Waals surface area contributed by atoms with Crippen LogP contribution in [-0.4, -0.2) is 48.2 Å². The number of rotatable bonds is 7. The summed E-state index contributed by atoms with van der Waals surface area (Å²) in [5.74, 6) is 1.31. The molecular formula is C19H28N4O3. The molecule has 0 saturated heterocycles. The monoisotopic (exact) mass is 360 g/mol. The number of carbonyl (C=O) groups is 1. The highest BCUT2D eigenvalue weighted by Crippen LogP contribution is 2.22. The highest BCUT2D eigenvalue weighted by Gasteiger charge is 2.24. The number of ether oxygens (including phenoxy) is 1. The Hall–Kier alpha value is -2.41. The van der Waals surface area contributed by atoms with Gasteiger partial charge in [0.2, 0.25) is 5.89 Å². The van der Waals surface area contributed by atoms with Crippen molar-refractivity contribution in [1.82, 2.24) is 20.4 Å². The Morgan fingerprint density at radius 1 is 1.31 bits per heavy atom. The minimum atomic E-state index is -0.402. The number of nitrogens with zero attached hydrogens (tertiary/aromatic N) is 3. The van der Waals surface area contributed by atoms with E-state index in [-0.39, 0.29) is 11.3 Å². The second-order valence-corrected chi connectivity index (χ2v) is 7.55. The van der Waals surface area contributed by atoms with Crippen LogP contribution in [0.5, 0.6) is 5.75 Å². The lowest BCUT2D eigenvalue weighted by Crippen LogP contribution is -2.28. The molecule has 0 aliphatic heterocycles. The normalized spacial score (nSPS) is 12.9. The van der Waals surface area contributed by atoms with Gasteiger partial charge in [0, 0.05) is 12.0 Å². The van der Waals surface area contributed by atoms with Gasteiger partial charge in [-0.1, -0.05) is 38.1 Å². The lowest BCUT2D eigenvalue weighted by molar-refractivity contribution is 0.0928. The average Bonchev–Trinajstić information content (AvgIpc) is 3.05. The highest BCUT2D eigenvalue weighted by atomic mass is 16.5. The van der Waals surface area contributed by atoms with Gasteiger partial charge in [-0.3, -0.25) is 4.79 Å². The molecule has 2 rings (SSSR count). The Balaban J connectivity index is 2.06. The summed E-state index contributed by atoms with van der Waals surface area (Å²) < 4.78 is 11.0. The van der Waals surface area contributed by atoms with Gasteiger partial charge in [0.15, 0.2) is 5.82 Å². The third-order valence-electron chi connectivity index (χ3n) is 3.76. The van der Waals surface area contributed by atoms with Crippen molar-refractivity contribution >= 4 is 5.91 Å². The summed E-state index contributed by atoms with van der Waals surface area (Å²) in [6, 6.07) is 6.78. The third-order valence-corrected chi connectivity index (χ3v) is 3.76. The van der Waals surface area contributed by atoms with E-state index in [0.29, 0.717) is 29.6 Å². The summed E-state index contributed by atoms with van der Waals surface area (Å²) in [5, 5.41) is 6.89. The van der Waals surface area contributed by atoms with E-state index in [0.717, 1.165) is 6.54 Å². The molecule has 1 aromatic carbocycles. The first-order valence-electron chi connectivity index (χ1n) is 8.70. The molecular weight excluding hydrogens is 332 g/mol. The molecule has 7 heteroatoms. The zero-order valence-corrected chi connectivity index (χ0v) is 16.4. The summed E-state index contributed by atoms with van der Waals surface area (Å²) in [6.45, 7) is 9.10. The van der Waals surface area contributed by atoms with Crippen molar-refractivity contribution in [1.29, 1.82) is 0 Å². The van der Waals surface area contributed by atoms with Gasteiger partial charge in [0.25, 0.3) is 5.91 Å². The molecule has 1 atom stereocenters. The van der Waals surface area contributed by atoms with E-state index in [1.165, 1.54) is 0 Å². The largest absolute Gasteiger partial charge is 0.491 e. The van der Waals surface area contributed by atoms with E-state index < -0.39 is 6.04 Å². The van der Waals surface area contributed by atoms with Crippen molar-refractivity contribution in [2.45, 2.75) is 39.2 Å². The fourth-order valence-electron chi connectivity index (χ4n) is 2.17. The molecule has 0 bridgehead atoms. The fraction of sp³-hybridized carbons (Fsp3) is 0.526. The molecule has 0 spiro atoms. The summed E-state index contributed by atoms with van der Waals surface area (Å²) >= 11 is 0. The Morgan fingerprint density at radius 3 is 2.62 bits per heavy atom. The molecule has 1 aromatic heterocycles. The smallest absolute Gasteiger partial charge is 0.255 e. The molecule has 26 heavy (non-hydrogen) atoms. The van der Waals surface area contributed by atoms with Crippen LogP contribution in [-0.2, 0) is 5.41 Å². The van der Waals surface area contributed by atoms with Crippen LogP contribution < -0.4 is 10.1 Å². The molecule has 2 aromatic rings. The Morgan fingerprint density at radius 2 is 2.00 bits per heavy atom. The molecule has 0 fully saturated rings. The SMILES string of the molecule is CC(NC(=O)c1ccccc1OCCN(C)C)c1nc(C(C)(C)C)no1. The van der Waals surface area contributed by atoms with E-state index in [1.807, 2.05) is 58.8 Å². The molecule has 1 unspecified atom stereocenters. The maximum atomic E-state index is 12.7. The van der Waals surface area contributed by atoms with E-state index in [1.54, 1.807) is 12.1 Å². The summed E-state index contributed by atoms with van der Waals surface area (Å²) in [7, 11) is 3.94. The van der Waals surface area contributed by atoms with Gasteiger partial charge in [0.05, 0.1) is 5.56 Å². The molecule has 0 aliphatic rings. The van der Waals surface area contributed by atoms with Crippen molar-refractivity contribution in [3.63, 3.8) is 0 Å². The topological polar surface area (TPSA) is 80.5 Å². The minimum Gasteiger partial charge on any atom is -0.491 e. The first-order chi connectivity index (χ1) is 12.2.